The van der Waals surface area contributed by atoms with E-state index in [0.29, 0.717) is 6.42 Å². The number of hydrogen-bond donors (Lipinski definition) is 1. The molecule has 3 rings (SSSR count). The van der Waals surface area contributed by atoms with Crippen molar-refractivity contribution >= 4 is 5.91 Å². The van der Waals surface area contributed by atoms with Crippen LogP contribution < -0.4 is 5.73 Å². The van der Waals surface area contributed by atoms with E-state index in [1.54, 1.807) is 18.6 Å². The van der Waals surface area contributed by atoms with E-state index in [1.165, 1.54) is 0 Å². The number of hydrogen-bond acceptors (Lipinski definition) is 4. The van der Waals surface area contributed by atoms with Gasteiger partial charge in [0, 0.05) is 48.5 Å². The summed E-state index contributed by atoms with van der Waals surface area (Å²) in [5, 5.41) is 0. The molecule has 0 bridgehead atoms. The summed E-state index contributed by atoms with van der Waals surface area (Å²) >= 11 is 0. The zero-order valence-corrected chi connectivity index (χ0v) is 15.2. The van der Waals surface area contributed by atoms with Crippen LogP contribution >= 0.6 is 0 Å². The molecule has 0 aliphatic rings. The molecule has 0 aliphatic carbocycles. The second-order valence-corrected chi connectivity index (χ2v) is 6.72. The van der Waals surface area contributed by atoms with Crippen molar-refractivity contribution in [3.05, 3.63) is 90.3 Å². The number of nitrogens with zero attached hydrogens (tertiary/aromatic N) is 3. The van der Waals surface area contributed by atoms with E-state index in [9.17, 15) is 4.79 Å². The molecule has 0 spiro atoms. The molecule has 0 fully saturated rings. The smallest absolute Gasteiger partial charge is 0.217 e. The first kappa shape index (κ1) is 18.7. The molecule has 2 N–H and O–H groups in total. The Morgan fingerprint density at radius 1 is 0.963 bits per heavy atom. The Morgan fingerprint density at radius 2 is 1.78 bits per heavy atom. The van der Waals surface area contributed by atoms with E-state index in [0.717, 1.165) is 36.2 Å². The summed E-state index contributed by atoms with van der Waals surface area (Å²) in [6.07, 6.45) is 9.95. The monoisotopic (exact) mass is 360 g/mol. The SMILES string of the molecule is NC(=O)CC(CCc1ccccn1)C(Cc1cccnc1)c1ccccn1. The molecular weight excluding hydrogens is 336 g/mol. The van der Waals surface area contributed by atoms with Gasteiger partial charge in [-0.2, -0.15) is 0 Å². The van der Waals surface area contributed by atoms with Crippen LogP contribution in [0.25, 0.3) is 0 Å². The van der Waals surface area contributed by atoms with E-state index in [1.807, 2.05) is 48.7 Å². The Kier molecular flexibility index (Phi) is 6.63. The fourth-order valence-electron chi connectivity index (χ4n) is 3.46. The van der Waals surface area contributed by atoms with Gasteiger partial charge in [-0.3, -0.25) is 19.7 Å². The lowest BCUT2D eigenvalue weighted by Crippen LogP contribution is -2.24. The topological polar surface area (TPSA) is 81.8 Å². The maximum absolute atomic E-state index is 11.8. The van der Waals surface area contributed by atoms with Gasteiger partial charge >= 0.3 is 0 Å². The fraction of sp³-hybridized carbons (Fsp3) is 0.273. The Labute approximate surface area is 159 Å². The Morgan fingerprint density at radius 3 is 2.41 bits per heavy atom. The lowest BCUT2D eigenvalue weighted by Gasteiger charge is -2.26. The molecule has 27 heavy (non-hydrogen) atoms. The summed E-state index contributed by atoms with van der Waals surface area (Å²) < 4.78 is 0. The standard InChI is InChI=1S/C22H24N4O/c23-22(27)15-18(9-10-19-7-1-3-12-25-19)20(21-8-2-4-13-26-21)14-17-6-5-11-24-16-17/h1-8,11-13,16,18,20H,9-10,14-15H2,(H2,23,27). The molecule has 0 saturated heterocycles. The lowest BCUT2D eigenvalue weighted by atomic mass is 9.79. The van der Waals surface area contributed by atoms with E-state index in [2.05, 4.69) is 21.0 Å². The predicted octanol–water partition coefficient (Wildman–Crippen LogP) is 3.32. The highest BCUT2D eigenvalue weighted by molar-refractivity contribution is 5.74. The van der Waals surface area contributed by atoms with Crippen LogP contribution in [0.2, 0.25) is 0 Å². The summed E-state index contributed by atoms with van der Waals surface area (Å²) in [6.45, 7) is 0. The van der Waals surface area contributed by atoms with Crippen LogP contribution in [0.4, 0.5) is 0 Å². The Bertz CT molecular complexity index is 825. The predicted molar refractivity (Wildman–Crippen MR) is 105 cm³/mol. The van der Waals surface area contributed by atoms with Crippen molar-refractivity contribution in [2.45, 2.75) is 31.6 Å². The first-order valence-electron chi connectivity index (χ1n) is 9.20. The summed E-state index contributed by atoms with van der Waals surface area (Å²) in [4.78, 5) is 25.0. The van der Waals surface area contributed by atoms with Crippen molar-refractivity contribution < 1.29 is 4.79 Å². The number of amides is 1. The Balaban J connectivity index is 1.85. The first-order chi connectivity index (χ1) is 13.2. The van der Waals surface area contributed by atoms with Crippen LogP contribution in [0, 0.1) is 5.92 Å². The largest absolute Gasteiger partial charge is 0.370 e. The second-order valence-electron chi connectivity index (χ2n) is 6.72. The van der Waals surface area contributed by atoms with Crippen molar-refractivity contribution in [1.82, 2.24) is 15.0 Å². The molecule has 3 aromatic heterocycles. The van der Waals surface area contributed by atoms with Gasteiger partial charge in [0.2, 0.25) is 5.91 Å². The van der Waals surface area contributed by atoms with Crippen LogP contribution in [-0.4, -0.2) is 20.9 Å². The fourth-order valence-corrected chi connectivity index (χ4v) is 3.46. The van der Waals surface area contributed by atoms with Crippen LogP contribution in [0.15, 0.2) is 73.3 Å². The van der Waals surface area contributed by atoms with E-state index in [4.69, 9.17) is 5.73 Å². The summed E-state index contributed by atoms with van der Waals surface area (Å²) in [7, 11) is 0. The normalized spacial score (nSPS) is 13.0. The maximum Gasteiger partial charge on any atom is 0.217 e. The van der Waals surface area contributed by atoms with Crippen molar-refractivity contribution in [2.24, 2.45) is 11.7 Å². The second kappa shape index (κ2) is 9.57. The summed E-state index contributed by atoms with van der Waals surface area (Å²) in [5.41, 5.74) is 8.71. The average molecular weight is 360 g/mol. The van der Waals surface area contributed by atoms with E-state index in [-0.39, 0.29) is 17.7 Å². The van der Waals surface area contributed by atoms with Gasteiger partial charge in [0.15, 0.2) is 0 Å². The van der Waals surface area contributed by atoms with Crippen molar-refractivity contribution in [2.75, 3.05) is 0 Å². The minimum atomic E-state index is -0.284. The lowest BCUT2D eigenvalue weighted by molar-refractivity contribution is -0.119. The first-order valence-corrected chi connectivity index (χ1v) is 9.20. The van der Waals surface area contributed by atoms with Gasteiger partial charge in [-0.1, -0.05) is 18.2 Å². The van der Waals surface area contributed by atoms with Gasteiger partial charge in [-0.25, -0.2) is 0 Å². The molecule has 2 unspecified atom stereocenters. The molecule has 2 atom stereocenters. The molecule has 138 valence electrons. The number of nitrogens with two attached hydrogens (primary N) is 1. The number of primary amides is 1. The minimum Gasteiger partial charge on any atom is -0.370 e. The number of carbonyl (C=O) groups excluding carboxylic acids is 1. The van der Waals surface area contributed by atoms with Crippen molar-refractivity contribution in [3.63, 3.8) is 0 Å². The Hall–Kier alpha value is -3.08. The number of carbonyl (C=O) groups is 1. The van der Waals surface area contributed by atoms with Gasteiger partial charge in [-0.15, -0.1) is 0 Å². The zero-order chi connectivity index (χ0) is 18.9. The molecule has 3 heterocycles. The minimum absolute atomic E-state index is 0.0830. The zero-order valence-electron chi connectivity index (χ0n) is 15.2. The van der Waals surface area contributed by atoms with Crippen molar-refractivity contribution in [3.8, 4) is 0 Å². The van der Waals surface area contributed by atoms with Gasteiger partial charge in [0.05, 0.1) is 0 Å². The molecule has 0 saturated carbocycles. The van der Waals surface area contributed by atoms with Gasteiger partial charge in [0.25, 0.3) is 0 Å². The van der Waals surface area contributed by atoms with E-state index >= 15 is 0 Å². The van der Waals surface area contributed by atoms with Gasteiger partial charge in [0.1, 0.15) is 0 Å². The van der Waals surface area contributed by atoms with Crippen LogP contribution in [0.3, 0.4) is 0 Å². The molecule has 0 aromatic carbocycles. The molecule has 3 aromatic rings. The third kappa shape index (κ3) is 5.71. The molecule has 1 amide bonds. The summed E-state index contributed by atoms with van der Waals surface area (Å²) in [6, 6.07) is 15.8. The molecule has 5 nitrogen and oxygen atoms in total. The van der Waals surface area contributed by atoms with Crippen LogP contribution in [0.5, 0.6) is 0 Å². The molecule has 0 aliphatic heterocycles. The molecular formula is C22H24N4O. The van der Waals surface area contributed by atoms with Crippen molar-refractivity contribution in [1.29, 1.82) is 0 Å². The maximum atomic E-state index is 11.8. The average Bonchev–Trinajstić information content (AvgIpc) is 2.71. The quantitative estimate of drug-likeness (QED) is 0.634. The highest BCUT2D eigenvalue weighted by atomic mass is 16.1. The number of pyridine rings is 3. The summed E-state index contributed by atoms with van der Waals surface area (Å²) in [5.74, 6) is -0.112. The highest BCUT2D eigenvalue weighted by Gasteiger charge is 2.26. The highest BCUT2D eigenvalue weighted by Crippen LogP contribution is 2.32. The third-order valence-corrected chi connectivity index (χ3v) is 4.78. The molecule has 5 heteroatoms. The molecule has 0 radical (unpaired) electrons. The number of aryl methyl sites for hydroxylation is 1. The van der Waals surface area contributed by atoms with Gasteiger partial charge < -0.3 is 5.73 Å². The van der Waals surface area contributed by atoms with E-state index < -0.39 is 0 Å². The third-order valence-electron chi connectivity index (χ3n) is 4.78. The van der Waals surface area contributed by atoms with Gasteiger partial charge in [-0.05, 0) is 61.1 Å². The van der Waals surface area contributed by atoms with Crippen LogP contribution in [0.1, 0.15) is 35.7 Å². The van der Waals surface area contributed by atoms with Crippen LogP contribution in [-0.2, 0) is 17.6 Å². The number of rotatable bonds is 9. The number of aromatic nitrogens is 3.